The highest BCUT2D eigenvalue weighted by Gasteiger charge is 2.14. The second-order valence-electron chi connectivity index (χ2n) is 4.53. The van der Waals surface area contributed by atoms with Gasteiger partial charge in [-0.25, -0.2) is 0 Å². The predicted molar refractivity (Wildman–Crippen MR) is 68.4 cm³/mol. The molecular formula is C11H24N2OS. The molecule has 4 heteroatoms. The third-order valence-corrected chi connectivity index (χ3v) is 3.60. The normalized spacial score (nSPS) is 11.5. The van der Waals surface area contributed by atoms with Gasteiger partial charge in [0.1, 0.15) is 0 Å². The van der Waals surface area contributed by atoms with E-state index in [-0.39, 0.29) is 10.7 Å². The minimum absolute atomic E-state index is 0.209. The molecule has 0 saturated carbocycles. The van der Waals surface area contributed by atoms with Crippen molar-refractivity contribution in [1.29, 1.82) is 0 Å². The van der Waals surface area contributed by atoms with Gasteiger partial charge in [-0.15, -0.1) is 0 Å². The van der Waals surface area contributed by atoms with Crippen LogP contribution in [0.2, 0.25) is 0 Å². The van der Waals surface area contributed by atoms with E-state index in [0.29, 0.717) is 6.42 Å². The van der Waals surface area contributed by atoms with E-state index in [9.17, 15) is 4.79 Å². The summed E-state index contributed by atoms with van der Waals surface area (Å²) < 4.78 is 0.283. The lowest BCUT2D eigenvalue weighted by atomic mass is 10.2. The Morgan fingerprint density at radius 1 is 1.40 bits per heavy atom. The molecule has 15 heavy (non-hydrogen) atoms. The van der Waals surface area contributed by atoms with Crippen LogP contribution in [0.25, 0.3) is 0 Å². The third-order valence-electron chi connectivity index (χ3n) is 2.35. The summed E-state index contributed by atoms with van der Waals surface area (Å²) in [5.74, 6) is 0.209. The first-order chi connectivity index (χ1) is 6.89. The smallest absolute Gasteiger partial charge is 0.222 e. The topological polar surface area (TPSA) is 32.3 Å². The number of thioether (sulfide) groups is 1. The van der Waals surface area contributed by atoms with Crippen LogP contribution in [-0.4, -0.2) is 49.0 Å². The summed E-state index contributed by atoms with van der Waals surface area (Å²) in [5.41, 5.74) is 0. The van der Waals surface area contributed by atoms with Crippen molar-refractivity contribution in [2.24, 2.45) is 0 Å². The van der Waals surface area contributed by atoms with Crippen molar-refractivity contribution in [2.45, 2.75) is 31.4 Å². The van der Waals surface area contributed by atoms with E-state index < -0.39 is 0 Å². The molecule has 0 rings (SSSR count). The van der Waals surface area contributed by atoms with Crippen molar-refractivity contribution >= 4 is 17.7 Å². The fourth-order valence-corrected chi connectivity index (χ4v) is 1.30. The van der Waals surface area contributed by atoms with E-state index in [1.165, 1.54) is 0 Å². The van der Waals surface area contributed by atoms with Crippen molar-refractivity contribution in [3.05, 3.63) is 0 Å². The number of hydrogen-bond acceptors (Lipinski definition) is 3. The minimum atomic E-state index is 0.209. The zero-order valence-corrected chi connectivity index (χ0v) is 11.4. The fourth-order valence-electron chi connectivity index (χ4n) is 1.05. The molecule has 0 unspecified atom stereocenters. The van der Waals surface area contributed by atoms with Crippen LogP contribution in [0.4, 0.5) is 0 Å². The van der Waals surface area contributed by atoms with Crippen LogP contribution in [0.3, 0.4) is 0 Å². The molecule has 0 aromatic carbocycles. The van der Waals surface area contributed by atoms with Crippen molar-refractivity contribution in [1.82, 2.24) is 10.2 Å². The van der Waals surface area contributed by atoms with Gasteiger partial charge in [-0.05, 0) is 33.1 Å². The van der Waals surface area contributed by atoms with Crippen LogP contribution in [0.1, 0.15) is 26.7 Å². The Balaban J connectivity index is 3.44. The van der Waals surface area contributed by atoms with E-state index >= 15 is 0 Å². The van der Waals surface area contributed by atoms with E-state index in [1.807, 2.05) is 11.8 Å². The molecule has 0 aliphatic heterocycles. The maximum Gasteiger partial charge on any atom is 0.222 e. The summed E-state index contributed by atoms with van der Waals surface area (Å²) in [6, 6.07) is 0. The molecule has 0 aromatic rings. The van der Waals surface area contributed by atoms with E-state index in [0.717, 1.165) is 19.5 Å². The van der Waals surface area contributed by atoms with Gasteiger partial charge in [0.15, 0.2) is 0 Å². The molecule has 0 atom stereocenters. The highest BCUT2D eigenvalue weighted by atomic mass is 32.2. The van der Waals surface area contributed by atoms with Gasteiger partial charge in [-0.3, -0.25) is 4.79 Å². The van der Waals surface area contributed by atoms with Crippen LogP contribution in [0.15, 0.2) is 0 Å². The van der Waals surface area contributed by atoms with Crippen LogP contribution >= 0.6 is 11.8 Å². The molecule has 0 fully saturated rings. The zero-order valence-electron chi connectivity index (χ0n) is 10.6. The van der Waals surface area contributed by atoms with Gasteiger partial charge in [0.05, 0.1) is 0 Å². The third kappa shape index (κ3) is 7.68. The van der Waals surface area contributed by atoms with Gasteiger partial charge in [-0.1, -0.05) is 0 Å². The van der Waals surface area contributed by atoms with Gasteiger partial charge < -0.3 is 10.2 Å². The first-order valence-corrected chi connectivity index (χ1v) is 6.57. The molecule has 0 heterocycles. The number of carbonyl (C=O) groups excluding carboxylic acids is 1. The van der Waals surface area contributed by atoms with Crippen molar-refractivity contribution in [3.63, 3.8) is 0 Å². The van der Waals surface area contributed by atoms with Gasteiger partial charge in [0.2, 0.25) is 5.91 Å². The number of hydrogen-bond donors (Lipinski definition) is 1. The first kappa shape index (κ1) is 14.8. The zero-order chi connectivity index (χ0) is 11.9. The van der Waals surface area contributed by atoms with Gasteiger partial charge in [0.25, 0.3) is 0 Å². The molecule has 3 nitrogen and oxygen atoms in total. The van der Waals surface area contributed by atoms with Crippen LogP contribution in [0.5, 0.6) is 0 Å². The average molecular weight is 232 g/mol. The van der Waals surface area contributed by atoms with Crippen molar-refractivity contribution in [2.75, 3.05) is 33.4 Å². The Kier molecular flexibility index (Phi) is 7.02. The van der Waals surface area contributed by atoms with E-state index in [4.69, 9.17) is 0 Å². The van der Waals surface area contributed by atoms with Crippen molar-refractivity contribution in [3.8, 4) is 0 Å². The molecule has 0 bridgehead atoms. The Morgan fingerprint density at radius 2 is 2.00 bits per heavy atom. The molecule has 1 amide bonds. The number of nitrogens with one attached hydrogen (secondary N) is 1. The highest BCUT2D eigenvalue weighted by molar-refractivity contribution is 7.99. The molecule has 0 radical (unpaired) electrons. The lowest BCUT2D eigenvalue weighted by molar-refractivity contribution is -0.128. The number of carbonyl (C=O) groups is 1. The summed E-state index contributed by atoms with van der Waals surface area (Å²) >= 11 is 1.86. The summed E-state index contributed by atoms with van der Waals surface area (Å²) in [6.45, 7) is 6.35. The molecule has 0 saturated heterocycles. The van der Waals surface area contributed by atoms with E-state index in [1.54, 1.807) is 19.0 Å². The second kappa shape index (κ2) is 7.12. The molecule has 90 valence electrons. The van der Waals surface area contributed by atoms with Crippen LogP contribution in [0, 0.1) is 0 Å². The molecule has 0 aliphatic carbocycles. The summed E-state index contributed by atoms with van der Waals surface area (Å²) in [7, 11) is 3.60. The molecule has 0 aromatic heterocycles. The quantitative estimate of drug-likeness (QED) is 0.677. The number of rotatable bonds is 7. The standard InChI is InChI=1S/C11H24N2OS/c1-11(2,15-5)9-12-8-6-7-10(14)13(3)4/h12H,6-9H2,1-5H3. The first-order valence-electron chi connectivity index (χ1n) is 5.35. The Hall–Kier alpha value is -0.220. The Bertz CT molecular complexity index is 193. The predicted octanol–water partition coefficient (Wildman–Crippen LogP) is 1.59. The Labute approximate surface area is 98.0 Å². The van der Waals surface area contributed by atoms with Gasteiger partial charge >= 0.3 is 0 Å². The molecular weight excluding hydrogens is 208 g/mol. The Morgan fingerprint density at radius 3 is 2.47 bits per heavy atom. The average Bonchev–Trinajstić information content (AvgIpc) is 2.16. The minimum Gasteiger partial charge on any atom is -0.349 e. The molecule has 0 aliphatic rings. The number of nitrogens with zero attached hydrogens (tertiary/aromatic N) is 1. The lowest BCUT2D eigenvalue weighted by Crippen LogP contribution is -2.33. The summed E-state index contributed by atoms with van der Waals surface area (Å²) in [4.78, 5) is 12.9. The lowest BCUT2D eigenvalue weighted by Gasteiger charge is -2.22. The van der Waals surface area contributed by atoms with Gasteiger partial charge in [-0.2, -0.15) is 11.8 Å². The summed E-state index contributed by atoms with van der Waals surface area (Å²) in [6.07, 6.45) is 3.68. The van der Waals surface area contributed by atoms with Crippen LogP contribution < -0.4 is 5.32 Å². The van der Waals surface area contributed by atoms with Crippen molar-refractivity contribution < 1.29 is 4.79 Å². The second-order valence-corrected chi connectivity index (χ2v) is 6.05. The van der Waals surface area contributed by atoms with E-state index in [2.05, 4.69) is 25.4 Å². The molecule has 0 spiro atoms. The number of amides is 1. The van der Waals surface area contributed by atoms with Gasteiger partial charge in [0, 0.05) is 31.8 Å². The fraction of sp³-hybridized carbons (Fsp3) is 0.909. The largest absolute Gasteiger partial charge is 0.349 e. The van der Waals surface area contributed by atoms with Crippen LogP contribution in [-0.2, 0) is 4.79 Å². The summed E-state index contributed by atoms with van der Waals surface area (Å²) in [5, 5.41) is 3.38. The maximum absolute atomic E-state index is 11.3. The molecule has 1 N–H and O–H groups in total. The highest BCUT2D eigenvalue weighted by Crippen LogP contribution is 2.19. The SMILES string of the molecule is CSC(C)(C)CNCCCC(=O)N(C)C. The monoisotopic (exact) mass is 232 g/mol. The maximum atomic E-state index is 11.3.